The molecule has 1 fully saturated rings. The normalized spacial score (nSPS) is 20.2. The first kappa shape index (κ1) is 18.5. The topological polar surface area (TPSA) is 76.1 Å². The van der Waals surface area contributed by atoms with Gasteiger partial charge in [-0.1, -0.05) is 17.7 Å². The standard InChI is InChI=1S/C17H22ClNO5/c1-23-11-17(16(21)22)8-3-9-19(17)15(20)7-5-12-4-6-14(24-2)13(18)10-12/h4,6,10H,3,5,7-9,11H2,1-2H3,(H,21,22). The van der Waals surface area contributed by atoms with E-state index in [-0.39, 0.29) is 18.9 Å². The highest BCUT2D eigenvalue weighted by atomic mass is 35.5. The Hall–Kier alpha value is -1.79. The molecule has 1 unspecified atom stereocenters. The molecule has 0 radical (unpaired) electrons. The van der Waals surface area contributed by atoms with Crippen LogP contribution in [0.1, 0.15) is 24.8 Å². The molecule has 1 saturated heterocycles. The van der Waals surface area contributed by atoms with Crippen molar-refractivity contribution in [3.63, 3.8) is 0 Å². The zero-order chi connectivity index (χ0) is 17.7. The minimum atomic E-state index is -1.25. The van der Waals surface area contributed by atoms with Gasteiger partial charge in [-0.2, -0.15) is 0 Å². The SMILES string of the molecule is COCC1(C(=O)O)CCCN1C(=O)CCc1ccc(OC)c(Cl)c1. The molecule has 1 aromatic carbocycles. The van der Waals surface area contributed by atoms with Crippen LogP contribution in [0.5, 0.6) is 5.75 Å². The van der Waals surface area contributed by atoms with Crippen molar-refractivity contribution in [2.24, 2.45) is 0 Å². The fourth-order valence-electron chi connectivity index (χ4n) is 3.17. The van der Waals surface area contributed by atoms with Gasteiger partial charge in [0.1, 0.15) is 5.75 Å². The van der Waals surface area contributed by atoms with Crippen molar-refractivity contribution in [1.29, 1.82) is 0 Å². The number of ether oxygens (including phenoxy) is 2. The molecule has 132 valence electrons. The van der Waals surface area contributed by atoms with Crippen LogP contribution in [0.4, 0.5) is 0 Å². The lowest BCUT2D eigenvalue weighted by Gasteiger charge is -2.34. The summed E-state index contributed by atoms with van der Waals surface area (Å²) < 4.78 is 10.2. The van der Waals surface area contributed by atoms with Crippen LogP contribution in [-0.2, 0) is 20.7 Å². The maximum absolute atomic E-state index is 12.6. The number of amides is 1. The fourth-order valence-corrected chi connectivity index (χ4v) is 3.45. The Balaban J connectivity index is 2.06. The summed E-state index contributed by atoms with van der Waals surface area (Å²) in [5.41, 5.74) is -0.343. The van der Waals surface area contributed by atoms with Crippen molar-refractivity contribution in [1.82, 2.24) is 4.90 Å². The number of benzene rings is 1. The molecule has 1 aliphatic heterocycles. The Kier molecular flexibility index (Phi) is 6.07. The molecule has 1 N–H and O–H groups in total. The van der Waals surface area contributed by atoms with Gasteiger partial charge in [0.25, 0.3) is 0 Å². The lowest BCUT2D eigenvalue weighted by atomic mass is 9.96. The monoisotopic (exact) mass is 355 g/mol. The highest BCUT2D eigenvalue weighted by Gasteiger charge is 2.49. The molecular formula is C17H22ClNO5. The molecule has 1 aromatic rings. The third kappa shape index (κ3) is 3.65. The first-order valence-electron chi connectivity index (χ1n) is 7.80. The number of nitrogens with zero attached hydrogens (tertiary/aromatic N) is 1. The molecule has 0 bridgehead atoms. The molecule has 1 amide bonds. The van der Waals surface area contributed by atoms with Crippen LogP contribution < -0.4 is 4.74 Å². The first-order valence-corrected chi connectivity index (χ1v) is 8.17. The predicted molar refractivity (Wildman–Crippen MR) is 89.5 cm³/mol. The highest BCUT2D eigenvalue weighted by molar-refractivity contribution is 6.32. The molecule has 7 heteroatoms. The first-order chi connectivity index (χ1) is 11.4. The van der Waals surface area contributed by atoms with E-state index in [1.54, 1.807) is 19.2 Å². The van der Waals surface area contributed by atoms with E-state index in [1.165, 1.54) is 12.0 Å². The van der Waals surface area contributed by atoms with Crippen LogP contribution >= 0.6 is 11.6 Å². The number of carbonyl (C=O) groups excluding carboxylic acids is 1. The van der Waals surface area contributed by atoms with E-state index in [0.29, 0.717) is 36.6 Å². The van der Waals surface area contributed by atoms with E-state index in [9.17, 15) is 14.7 Å². The zero-order valence-corrected chi connectivity index (χ0v) is 14.6. The summed E-state index contributed by atoms with van der Waals surface area (Å²) in [5, 5.41) is 10.1. The number of aryl methyl sites for hydroxylation is 1. The summed E-state index contributed by atoms with van der Waals surface area (Å²) in [6.45, 7) is 0.445. The minimum Gasteiger partial charge on any atom is -0.495 e. The molecule has 24 heavy (non-hydrogen) atoms. The number of hydrogen-bond donors (Lipinski definition) is 1. The van der Waals surface area contributed by atoms with Crippen molar-refractivity contribution in [2.75, 3.05) is 27.4 Å². The van der Waals surface area contributed by atoms with Gasteiger partial charge in [-0.05, 0) is 37.0 Å². The molecule has 1 atom stereocenters. The average molecular weight is 356 g/mol. The average Bonchev–Trinajstić information content (AvgIpc) is 2.98. The number of carboxylic acid groups (broad SMARTS) is 1. The number of carbonyl (C=O) groups is 2. The van der Waals surface area contributed by atoms with Crippen molar-refractivity contribution in [3.8, 4) is 5.75 Å². The van der Waals surface area contributed by atoms with Gasteiger partial charge in [-0.3, -0.25) is 4.79 Å². The van der Waals surface area contributed by atoms with Crippen LogP contribution in [0.15, 0.2) is 18.2 Å². The molecular weight excluding hydrogens is 334 g/mol. The Labute approximate surface area is 146 Å². The van der Waals surface area contributed by atoms with Gasteiger partial charge in [-0.15, -0.1) is 0 Å². The van der Waals surface area contributed by atoms with E-state index in [4.69, 9.17) is 21.1 Å². The maximum atomic E-state index is 12.6. The van der Waals surface area contributed by atoms with E-state index in [0.717, 1.165) is 5.56 Å². The van der Waals surface area contributed by atoms with Crippen molar-refractivity contribution >= 4 is 23.5 Å². The van der Waals surface area contributed by atoms with Crippen LogP contribution in [0.3, 0.4) is 0 Å². The van der Waals surface area contributed by atoms with Crippen LogP contribution in [0.25, 0.3) is 0 Å². The van der Waals surface area contributed by atoms with Gasteiger partial charge in [0, 0.05) is 20.1 Å². The zero-order valence-electron chi connectivity index (χ0n) is 13.9. The summed E-state index contributed by atoms with van der Waals surface area (Å²) in [6.07, 6.45) is 1.79. The third-order valence-electron chi connectivity index (χ3n) is 4.41. The highest BCUT2D eigenvalue weighted by Crippen LogP contribution is 2.31. The molecule has 2 rings (SSSR count). The predicted octanol–water partition coefficient (Wildman–Crippen LogP) is 2.37. The molecule has 0 aromatic heterocycles. The van der Waals surface area contributed by atoms with E-state index in [1.807, 2.05) is 6.07 Å². The molecule has 0 aliphatic carbocycles. The lowest BCUT2D eigenvalue weighted by Crippen LogP contribution is -2.56. The molecule has 0 spiro atoms. The molecule has 6 nitrogen and oxygen atoms in total. The van der Waals surface area contributed by atoms with Crippen molar-refractivity contribution in [3.05, 3.63) is 28.8 Å². The van der Waals surface area contributed by atoms with Gasteiger partial charge in [0.2, 0.25) is 5.91 Å². The van der Waals surface area contributed by atoms with Crippen LogP contribution in [0.2, 0.25) is 5.02 Å². The minimum absolute atomic E-state index is 0.00242. The second-order valence-corrected chi connectivity index (χ2v) is 6.29. The van der Waals surface area contributed by atoms with Gasteiger partial charge >= 0.3 is 5.97 Å². The summed E-state index contributed by atoms with van der Waals surface area (Å²) in [4.78, 5) is 25.7. The van der Waals surface area contributed by atoms with Crippen molar-refractivity contribution in [2.45, 2.75) is 31.2 Å². The Morgan fingerprint density at radius 2 is 2.12 bits per heavy atom. The van der Waals surface area contributed by atoms with E-state index < -0.39 is 11.5 Å². The molecule has 1 aliphatic rings. The number of aliphatic carboxylic acids is 1. The van der Waals surface area contributed by atoms with Gasteiger partial charge in [0.05, 0.1) is 18.7 Å². The van der Waals surface area contributed by atoms with E-state index >= 15 is 0 Å². The van der Waals surface area contributed by atoms with Gasteiger partial charge in [-0.25, -0.2) is 4.79 Å². The number of rotatable bonds is 7. The number of hydrogen-bond acceptors (Lipinski definition) is 4. The number of halogens is 1. The summed E-state index contributed by atoms with van der Waals surface area (Å²) >= 11 is 6.09. The number of carboxylic acids is 1. The molecule has 0 saturated carbocycles. The Morgan fingerprint density at radius 3 is 2.71 bits per heavy atom. The Morgan fingerprint density at radius 1 is 1.38 bits per heavy atom. The van der Waals surface area contributed by atoms with Crippen molar-refractivity contribution < 1.29 is 24.2 Å². The number of likely N-dealkylation sites (tertiary alicyclic amines) is 1. The number of methoxy groups -OCH3 is 2. The summed E-state index contributed by atoms with van der Waals surface area (Å²) in [6, 6.07) is 5.36. The fraction of sp³-hybridized carbons (Fsp3) is 0.529. The summed E-state index contributed by atoms with van der Waals surface area (Å²) in [7, 11) is 2.99. The quantitative estimate of drug-likeness (QED) is 0.812. The second kappa shape index (κ2) is 7.85. The van der Waals surface area contributed by atoms with Crippen LogP contribution in [-0.4, -0.2) is 54.8 Å². The largest absolute Gasteiger partial charge is 0.495 e. The third-order valence-corrected chi connectivity index (χ3v) is 4.71. The Bertz CT molecular complexity index is 621. The van der Waals surface area contributed by atoms with Gasteiger partial charge < -0.3 is 19.5 Å². The second-order valence-electron chi connectivity index (χ2n) is 5.89. The summed E-state index contributed by atoms with van der Waals surface area (Å²) in [5.74, 6) is -0.613. The molecule has 1 heterocycles. The van der Waals surface area contributed by atoms with Gasteiger partial charge in [0.15, 0.2) is 5.54 Å². The maximum Gasteiger partial charge on any atom is 0.332 e. The lowest BCUT2D eigenvalue weighted by molar-refractivity contribution is -0.160. The van der Waals surface area contributed by atoms with E-state index in [2.05, 4.69) is 0 Å². The van der Waals surface area contributed by atoms with Crippen LogP contribution in [0, 0.1) is 0 Å². The smallest absolute Gasteiger partial charge is 0.332 e.